The maximum Gasteiger partial charge on any atom is 0.303 e. The first kappa shape index (κ1) is 15.6. The summed E-state index contributed by atoms with van der Waals surface area (Å²) in [4.78, 5) is 27.4. The topological polar surface area (TPSA) is 79.3 Å². The van der Waals surface area contributed by atoms with Gasteiger partial charge in [0, 0.05) is 12.0 Å². The maximum absolute atomic E-state index is 12.0. The first-order valence-corrected chi connectivity index (χ1v) is 7.14. The van der Waals surface area contributed by atoms with Gasteiger partial charge in [0.15, 0.2) is 0 Å². The smallest absolute Gasteiger partial charge is 0.303 e. The molecule has 1 rings (SSSR count). The van der Waals surface area contributed by atoms with Crippen LogP contribution in [0.25, 0.3) is 0 Å². The fourth-order valence-electron chi connectivity index (χ4n) is 1.60. The Hall–Kier alpha value is -1.43. The van der Waals surface area contributed by atoms with Gasteiger partial charge in [0.25, 0.3) is 5.91 Å². The molecule has 1 aromatic rings. The van der Waals surface area contributed by atoms with Crippen LogP contribution in [0.5, 0.6) is 0 Å². The highest BCUT2D eigenvalue weighted by Crippen LogP contribution is 2.17. The number of nitrogens with one attached hydrogen (secondary N) is 1. The molecule has 0 spiro atoms. The summed E-state index contributed by atoms with van der Waals surface area (Å²) in [6.45, 7) is 5.71. The van der Waals surface area contributed by atoms with Crippen molar-refractivity contribution < 1.29 is 14.7 Å². The Morgan fingerprint density at radius 3 is 2.74 bits per heavy atom. The number of hydrogen-bond acceptors (Lipinski definition) is 4. The molecule has 0 unspecified atom stereocenters. The van der Waals surface area contributed by atoms with Crippen LogP contribution in [0.1, 0.15) is 54.7 Å². The molecule has 0 aliphatic rings. The number of amides is 1. The van der Waals surface area contributed by atoms with Crippen LogP contribution < -0.4 is 5.32 Å². The van der Waals surface area contributed by atoms with E-state index in [4.69, 9.17) is 5.11 Å². The minimum Gasteiger partial charge on any atom is -0.481 e. The first-order chi connectivity index (χ1) is 8.84. The van der Waals surface area contributed by atoms with Gasteiger partial charge >= 0.3 is 5.97 Å². The van der Waals surface area contributed by atoms with Crippen molar-refractivity contribution in [3.05, 3.63) is 16.1 Å². The SMILES string of the molecule is CCCc1ncc(C(=O)NC(C)(C)CCC(=O)O)s1. The molecule has 2 N–H and O–H groups in total. The summed E-state index contributed by atoms with van der Waals surface area (Å²) >= 11 is 1.39. The molecule has 1 aromatic heterocycles. The lowest BCUT2D eigenvalue weighted by atomic mass is 9.98. The standard InChI is InChI=1S/C13H20N2O3S/c1-4-5-10-14-8-9(19-10)12(18)15-13(2,3)7-6-11(16)17/h8H,4-7H2,1-3H3,(H,15,18)(H,16,17). The van der Waals surface area contributed by atoms with Gasteiger partial charge in [0.1, 0.15) is 4.88 Å². The summed E-state index contributed by atoms with van der Waals surface area (Å²) in [5, 5.41) is 12.5. The third-order valence-electron chi connectivity index (χ3n) is 2.66. The van der Waals surface area contributed by atoms with Crippen molar-refractivity contribution in [1.82, 2.24) is 10.3 Å². The molecule has 1 amide bonds. The lowest BCUT2D eigenvalue weighted by molar-refractivity contribution is -0.137. The van der Waals surface area contributed by atoms with E-state index in [1.807, 2.05) is 13.8 Å². The zero-order valence-corrected chi connectivity index (χ0v) is 12.3. The second-order valence-electron chi connectivity index (χ2n) is 5.10. The molecule has 19 heavy (non-hydrogen) atoms. The summed E-state index contributed by atoms with van der Waals surface area (Å²) in [5.41, 5.74) is -0.537. The van der Waals surface area contributed by atoms with E-state index in [2.05, 4.69) is 17.2 Å². The van der Waals surface area contributed by atoms with Gasteiger partial charge in [0.2, 0.25) is 0 Å². The Morgan fingerprint density at radius 1 is 1.47 bits per heavy atom. The van der Waals surface area contributed by atoms with Gasteiger partial charge in [-0.3, -0.25) is 9.59 Å². The zero-order valence-electron chi connectivity index (χ0n) is 11.5. The van der Waals surface area contributed by atoms with Gasteiger partial charge in [-0.15, -0.1) is 11.3 Å². The number of carboxylic acid groups (broad SMARTS) is 1. The number of carbonyl (C=O) groups is 2. The predicted molar refractivity (Wildman–Crippen MR) is 74.5 cm³/mol. The molecule has 6 heteroatoms. The van der Waals surface area contributed by atoms with E-state index in [0.717, 1.165) is 17.8 Å². The van der Waals surface area contributed by atoms with Crippen molar-refractivity contribution >= 4 is 23.2 Å². The van der Waals surface area contributed by atoms with E-state index in [1.54, 1.807) is 6.20 Å². The number of rotatable bonds is 7. The van der Waals surface area contributed by atoms with Gasteiger partial charge in [-0.2, -0.15) is 0 Å². The minimum absolute atomic E-state index is 0.0387. The van der Waals surface area contributed by atoms with Gasteiger partial charge < -0.3 is 10.4 Å². The van der Waals surface area contributed by atoms with E-state index < -0.39 is 11.5 Å². The zero-order chi connectivity index (χ0) is 14.5. The lowest BCUT2D eigenvalue weighted by Gasteiger charge is -2.25. The van der Waals surface area contributed by atoms with E-state index in [0.29, 0.717) is 11.3 Å². The van der Waals surface area contributed by atoms with Crippen molar-refractivity contribution in [3.63, 3.8) is 0 Å². The predicted octanol–water partition coefficient (Wildman–Crippen LogP) is 2.47. The quantitative estimate of drug-likeness (QED) is 0.806. The van der Waals surface area contributed by atoms with Crippen LogP contribution in [-0.4, -0.2) is 27.5 Å². The van der Waals surface area contributed by atoms with E-state index >= 15 is 0 Å². The van der Waals surface area contributed by atoms with E-state index in [-0.39, 0.29) is 12.3 Å². The highest BCUT2D eigenvalue weighted by Gasteiger charge is 2.23. The Morgan fingerprint density at radius 2 is 2.16 bits per heavy atom. The van der Waals surface area contributed by atoms with Crippen molar-refractivity contribution in [1.29, 1.82) is 0 Å². The van der Waals surface area contributed by atoms with Crippen LogP contribution in [0, 0.1) is 0 Å². The maximum atomic E-state index is 12.0. The summed E-state index contributed by atoms with van der Waals surface area (Å²) in [7, 11) is 0. The minimum atomic E-state index is -0.856. The van der Waals surface area contributed by atoms with E-state index in [9.17, 15) is 9.59 Å². The average Bonchev–Trinajstić information content (AvgIpc) is 2.75. The van der Waals surface area contributed by atoms with Crippen LogP contribution in [0.3, 0.4) is 0 Å². The molecule has 0 aromatic carbocycles. The van der Waals surface area contributed by atoms with Crippen molar-refractivity contribution in [2.75, 3.05) is 0 Å². The number of carbonyl (C=O) groups excluding carboxylic acids is 1. The Bertz CT molecular complexity index is 454. The van der Waals surface area contributed by atoms with Gasteiger partial charge in [-0.1, -0.05) is 6.92 Å². The lowest BCUT2D eigenvalue weighted by Crippen LogP contribution is -2.43. The van der Waals surface area contributed by atoms with Gasteiger partial charge in [-0.25, -0.2) is 4.98 Å². The molecular weight excluding hydrogens is 264 g/mol. The molecule has 0 radical (unpaired) electrons. The molecule has 106 valence electrons. The van der Waals surface area contributed by atoms with Crippen molar-refractivity contribution in [3.8, 4) is 0 Å². The number of hydrogen-bond donors (Lipinski definition) is 2. The first-order valence-electron chi connectivity index (χ1n) is 6.33. The second kappa shape index (κ2) is 6.65. The molecule has 0 bridgehead atoms. The van der Waals surface area contributed by atoms with Crippen LogP contribution in [0.15, 0.2) is 6.20 Å². The number of nitrogens with zero attached hydrogens (tertiary/aromatic N) is 1. The molecule has 0 aliphatic heterocycles. The number of aromatic nitrogens is 1. The Balaban J connectivity index is 2.59. The molecule has 0 fully saturated rings. The molecule has 0 atom stereocenters. The molecule has 5 nitrogen and oxygen atoms in total. The van der Waals surface area contributed by atoms with Gasteiger partial charge in [0.05, 0.1) is 11.2 Å². The number of aryl methyl sites for hydroxylation is 1. The molecular formula is C13H20N2O3S. The van der Waals surface area contributed by atoms with Crippen LogP contribution in [0.2, 0.25) is 0 Å². The summed E-state index contributed by atoms with van der Waals surface area (Å²) in [6.07, 6.45) is 3.89. The molecule has 1 heterocycles. The fourth-order valence-corrected chi connectivity index (χ4v) is 2.51. The Kier molecular flexibility index (Phi) is 5.47. The third kappa shape index (κ3) is 5.38. The number of aliphatic carboxylic acids is 1. The van der Waals surface area contributed by atoms with Gasteiger partial charge in [-0.05, 0) is 33.1 Å². The largest absolute Gasteiger partial charge is 0.481 e. The molecule has 0 aliphatic carbocycles. The van der Waals surface area contributed by atoms with E-state index in [1.165, 1.54) is 11.3 Å². The van der Waals surface area contributed by atoms with Crippen molar-refractivity contribution in [2.45, 2.75) is 52.0 Å². The third-order valence-corrected chi connectivity index (χ3v) is 3.71. The highest BCUT2D eigenvalue weighted by atomic mass is 32.1. The van der Waals surface area contributed by atoms with Crippen LogP contribution in [0.4, 0.5) is 0 Å². The number of thiazole rings is 1. The normalized spacial score (nSPS) is 11.3. The highest BCUT2D eigenvalue weighted by molar-refractivity contribution is 7.13. The summed E-state index contributed by atoms with van der Waals surface area (Å²) in [6, 6.07) is 0. The fraction of sp³-hybridized carbons (Fsp3) is 0.615. The Labute approximate surface area is 117 Å². The summed E-state index contributed by atoms with van der Waals surface area (Å²) < 4.78 is 0. The van der Waals surface area contributed by atoms with Crippen LogP contribution in [-0.2, 0) is 11.2 Å². The second-order valence-corrected chi connectivity index (χ2v) is 6.22. The molecule has 0 saturated carbocycles. The monoisotopic (exact) mass is 284 g/mol. The van der Waals surface area contributed by atoms with Crippen molar-refractivity contribution in [2.24, 2.45) is 0 Å². The molecule has 0 saturated heterocycles. The summed E-state index contributed by atoms with van der Waals surface area (Å²) in [5.74, 6) is -1.04. The average molecular weight is 284 g/mol. The number of carboxylic acids is 1. The van der Waals surface area contributed by atoms with Crippen LogP contribution >= 0.6 is 11.3 Å².